The molecule has 1 saturated heterocycles. The fourth-order valence-electron chi connectivity index (χ4n) is 1.89. The quantitative estimate of drug-likeness (QED) is 0.786. The topological polar surface area (TPSA) is 87.6 Å². The summed E-state index contributed by atoms with van der Waals surface area (Å²) < 4.78 is 0. The highest BCUT2D eigenvalue weighted by Crippen LogP contribution is 2.30. The first-order valence-electron chi connectivity index (χ1n) is 5.51. The molecule has 2 rings (SSSR count). The van der Waals surface area contributed by atoms with Gasteiger partial charge in [-0.15, -0.1) is 0 Å². The van der Waals surface area contributed by atoms with Crippen LogP contribution in [0.1, 0.15) is 24.2 Å². The number of aromatic nitrogens is 1. The predicted octanol–water partition coefficient (Wildman–Crippen LogP) is 0.925. The lowest BCUT2D eigenvalue weighted by atomic mass is 10.00. The summed E-state index contributed by atoms with van der Waals surface area (Å²) in [4.78, 5) is 39.7. The lowest BCUT2D eigenvalue weighted by Gasteiger charge is -2.15. The fraction of sp³-hybridized carbons (Fsp3) is 0.333. The molecule has 0 saturated carbocycles. The number of pyridine rings is 1. The Kier molecular flexibility index (Phi) is 2.86. The van der Waals surface area contributed by atoms with Crippen LogP contribution in [0.2, 0.25) is 0 Å². The zero-order valence-corrected chi connectivity index (χ0v) is 9.95. The molecule has 1 N–H and O–H groups in total. The van der Waals surface area contributed by atoms with Crippen molar-refractivity contribution in [1.29, 1.82) is 0 Å². The van der Waals surface area contributed by atoms with Gasteiger partial charge in [0.1, 0.15) is 5.56 Å². The van der Waals surface area contributed by atoms with Gasteiger partial charge in [-0.05, 0) is 12.1 Å². The normalized spacial score (nSPS) is 23.6. The Balaban J connectivity index is 2.53. The van der Waals surface area contributed by atoms with Crippen molar-refractivity contribution < 1.29 is 19.5 Å². The number of amides is 2. The van der Waals surface area contributed by atoms with Crippen LogP contribution in [-0.2, 0) is 9.59 Å². The van der Waals surface area contributed by atoms with Gasteiger partial charge >= 0.3 is 5.97 Å². The molecule has 0 aromatic carbocycles. The Labute approximate surface area is 103 Å². The molecule has 1 aromatic heterocycles. The van der Waals surface area contributed by atoms with Gasteiger partial charge in [-0.2, -0.15) is 0 Å². The molecule has 0 bridgehead atoms. The second kappa shape index (κ2) is 4.21. The largest absolute Gasteiger partial charge is 0.478 e. The van der Waals surface area contributed by atoms with E-state index in [1.165, 1.54) is 18.3 Å². The van der Waals surface area contributed by atoms with E-state index in [0.29, 0.717) is 0 Å². The summed E-state index contributed by atoms with van der Waals surface area (Å²) in [5.41, 5.74) is -0.152. The van der Waals surface area contributed by atoms with E-state index in [4.69, 9.17) is 5.11 Å². The molecular formula is C12H12N2O4. The molecule has 1 fully saturated rings. The van der Waals surface area contributed by atoms with Crippen LogP contribution in [0.3, 0.4) is 0 Å². The molecule has 0 aliphatic carbocycles. The van der Waals surface area contributed by atoms with Crippen LogP contribution >= 0.6 is 0 Å². The molecule has 2 unspecified atom stereocenters. The average Bonchev–Trinajstić information content (AvgIpc) is 2.54. The number of hydrogen-bond acceptors (Lipinski definition) is 4. The van der Waals surface area contributed by atoms with Gasteiger partial charge in [-0.25, -0.2) is 14.7 Å². The van der Waals surface area contributed by atoms with Crippen LogP contribution in [0.4, 0.5) is 5.82 Å². The van der Waals surface area contributed by atoms with Crippen molar-refractivity contribution >= 4 is 23.6 Å². The van der Waals surface area contributed by atoms with Crippen molar-refractivity contribution in [2.24, 2.45) is 11.8 Å². The number of carboxylic acid groups (broad SMARTS) is 1. The smallest absolute Gasteiger partial charge is 0.339 e. The van der Waals surface area contributed by atoms with Gasteiger partial charge in [0, 0.05) is 18.0 Å². The van der Waals surface area contributed by atoms with Gasteiger partial charge in [0.25, 0.3) is 0 Å². The number of carbonyl (C=O) groups excluding carboxylic acids is 2. The van der Waals surface area contributed by atoms with Gasteiger partial charge in [0.05, 0.1) is 0 Å². The lowest BCUT2D eigenvalue weighted by molar-refractivity contribution is -0.122. The summed E-state index contributed by atoms with van der Waals surface area (Å²) in [6, 6.07) is 2.77. The van der Waals surface area contributed by atoms with E-state index in [0.717, 1.165) is 4.90 Å². The molecule has 94 valence electrons. The van der Waals surface area contributed by atoms with E-state index in [1.807, 2.05) is 0 Å². The van der Waals surface area contributed by atoms with Crippen molar-refractivity contribution in [3.63, 3.8) is 0 Å². The molecule has 1 aliphatic heterocycles. The number of hydrogen-bond donors (Lipinski definition) is 1. The van der Waals surface area contributed by atoms with Crippen LogP contribution in [-0.4, -0.2) is 27.9 Å². The summed E-state index contributed by atoms with van der Waals surface area (Å²) in [6.45, 7) is 3.29. The van der Waals surface area contributed by atoms with Crippen LogP contribution < -0.4 is 4.90 Å². The maximum Gasteiger partial charge on any atom is 0.339 e. The molecule has 6 heteroatoms. The SMILES string of the molecule is CC1C(=O)N(c2ncccc2C(=O)O)C(=O)C1C. The fourth-order valence-corrected chi connectivity index (χ4v) is 1.89. The summed E-state index contributed by atoms with van der Waals surface area (Å²) in [7, 11) is 0. The first-order chi connectivity index (χ1) is 8.45. The number of carbonyl (C=O) groups is 3. The standard InChI is InChI=1S/C12H12N2O4/c1-6-7(2)11(16)14(10(6)15)9-8(12(17)18)4-3-5-13-9/h3-7H,1-2H3,(H,17,18). The number of aromatic carboxylic acids is 1. The Bertz CT molecular complexity index is 521. The Morgan fingerprint density at radius 1 is 1.28 bits per heavy atom. The third kappa shape index (κ3) is 1.66. The summed E-state index contributed by atoms with van der Waals surface area (Å²) in [5.74, 6) is -3.05. The molecule has 1 aliphatic rings. The Hall–Kier alpha value is -2.24. The number of rotatable bonds is 2. The minimum absolute atomic E-state index is 0.101. The van der Waals surface area contributed by atoms with Crippen LogP contribution in [0.15, 0.2) is 18.3 Å². The zero-order chi connectivity index (χ0) is 13.4. The van der Waals surface area contributed by atoms with E-state index in [9.17, 15) is 14.4 Å². The van der Waals surface area contributed by atoms with E-state index < -0.39 is 29.6 Å². The van der Waals surface area contributed by atoms with Crippen molar-refractivity contribution in [1.82, 2.24) is 4.98 Å². The van der Waals surface area contributed by atoms with Crippen LogP contribution in [0.5, 0.6) is 0 Å². The second-order valence-corrected chi connectivity index (χ2v) is 4.27. The molecule has 2 atom stereocenters. The van der Waals surface area contributed by atoms with Gasteiger partial charge in [0.15, 0.2) is 5.82 Å². The minimum Gasteiger partial charge on any atom is -0.478 e. The summed E-state index contributed by atoms with van der Waals surface area (Å²) >= 11 is 0. The molecule has 1 aromatic rings. The van der Waals surface area contributed by atoms with Crippen LogP contribution in [0, 0.1) is 11.8 Å². The van der Waals surface area contributed by atoms with Gasteiger partial charge in [0.2, 0.25) is 11.8 Å². The van der Waals surface area contributed by atoms with Crippen molar-refractivity contribution in [2.45, 2.75) is 13.8 Å². The maximum absolute atomic E-state index is 12.0. The van der Waals surface area contributed by atoms with Gasteiger partial charge < -0.3 is 5.11 Å². The zero-order valence-electron chi connectivity index (χ0n) is 9.95. The van der Waals surface area contributed by atoms with Crippen molar-refractivity contribution in [2.75, 3.05) is 4.90 Å². The molecular weight excluding hydrogens is 236 g/mol. The molecule has 6 nitrogen and oxygen atoms in total. The number of anilines is 1. The molecule has 2 heterocycles. The molecule has 0 spiro atoms. The highest BCUT2D eigenvalue weighted by molar-refractivity contribution is 6.22. The summed E-state index contributed by atoms with van der Waals surface area (Å²) in [6.07, 6.45) is 1.36. The Morgan fingerprint density at radius 3 is 2.33 bits per heavy atom. The van der Waals surface area contributed by atoms with E-state index in [2.05, 4.69) is 4.98 Å². The predicted molar refractivity (Wildman–Crippen MR) is 62.0 cm³/mol. The average molecular weight is 248 g/mol. The first kappa shape index (κ1) is 12.2. The highest BCUT2D eigenvalue weighted by atomic mass is 16.4. The second-order valence-electron chi connectivity index (χ2n) is 4.27. The van der Waals surface area contributed by atoms with E-state index in [1.54, 1.807) is 13.8 Å². The number of carboxylic acids is 1. The third-order valence-corrected chi connectivity index (χ3v) is 3.20. The van der Waals surface area contributed by atoms with Crippen molar-refractivity contribution in [3.05, 3.63) is 23.9 Å². The molecule has 2 amide bonds. The van der Waals surface area contributed by atoms with Gasteiger partial charge in [-0.3, -0.25) is 9.59 Å². The maximum atomic E-state index is 12.0. The number of nitrogens with zero attached hydrogens (tertiary/aromatic N) is 2. The lowest BCUT2D eigenvalue weighted by Crippen LogP contribution is -2.33. The monoisotopic (exact) mass is 248 g/mol. The van der Waals surface area contributed by atoms with Crippen molar-refractivity contribution in [3.8, 4) is 0 Å². The van der Waals surface area contributed by atoms with E-state index >= 15 is 0 Å². The Morgan fingerprint density at radius 2 is 1.83 bits per heavy atom. The first-order valence-corrected chi connectivity index (χ1v) is 5.51. The number of imide groups is 1. The third-order valence-electron chi connectivity index (χ3n) is 3.20. The molecule has 0 radical (unpaired) electrons. The van der Waals surface area contributed by atoms with Crippen LogP contribution in [0.25, 0.3) is 0 Å². The highest BCUT2D eigenvalue weighted by Gasteiger charge is 2.44. The minimum atomic E-state index is -1.22. The molecule has 18 heavy (non-hydrogen) atoms. The summed E-state index contributed by atoms with van der Waals surface area (Å²) in [5, 5.41) is 9.04. The van der Waals surface area contributed by atoms with Gasteiger partial charge in [-0.1, -0.05) is 13.8 Å². The van der Waals surface area contributed by atoms with E-state index in [-0.39, 0.29) is 11.4 Å².